The van der Waals surface area contributed by atoms with Crippen molar-refractivity contribution in [2.75, 3.05) is 6.54 Å². The summed E-state index contributed by atoms with van der Waals surface area (Å²) in [6.45, 7) is 15.6. The number of phenols is 2. The topological polar surface area (TPSA) is 128 Å². The van der Waals surface area contributed by atoms with Gasteiger partial charge in [-0.2, -0.15) is 0 Å². The molecule has 2 rings (SSSR count). The summed E-state index contributed by atoms with van der Waals surface area (Å²) in [5, 5.41) is 26.8. The van der Waals surface area contributed by atoms with Gasteiger partial charge >= 0.3 is 6.09 Å². The van der Waals surface area contributed by atoms with E-state index in [0.717, 1.165) is 25.7 Å². The van der Waals surface area contributed by atoms with Gasteiger partial charge in [-0.15, -0.1) is 0 Å². The highest BCUT2D eigenvalue weighted by atomic mass is 16.6. The van der Waals surface area contributed by atoms with Gasteiger partial charge in [0.1, 0.15) is 29.2 Å². The molecule has 0 aliphatic rings. The predicted molar refractivity (Wildman–Crippen MR) is 173 cm³/mol. The van der Waals surface area contributed by atoms with Crippen LogP contribution >= 0.6 is 0 Å². The Bertz CT molecular complexity index is 1220. The van der Waals surface area contributed by atoms with Crippen molar-refractivity contribution in [1.82, 2.24) is 15.5 Å². The second kappa shape index (κ2) is 16.9. The molecule has 0 aliphatic carbocycles. The van der Waals surface area contributed by atoms with Crippen molar-refractivity contribution in [3.05, 3.63) is 59.2 Å². The van der Waals surface area contributed by atoms with Gasteiger partial charge in [-0.25, -0.2) is 4.79 Å². The largest absolute Gasteiger partial charge is 0.508 e. The number of alkyl carbamates (subject to hydrolysis) is 1. The zero-order chi connectivity index (χ0) is 33.0. The van der Waals surface area contributed by atoms with Gasteiger partial charge in [0.05, 0.1) is 0 Å². The third-order valence-electron chi connectivity index (χ3n) is 7.43. The van der Waals surface area contributed by atoms with Gasteiger partial charge < -0.3 is 30.5 Å². The van der Waals surface area contributed by atoms with Crippen LogP contribution in [-0.4, -0.2) is 57.3 Å². The van der Waals surface area contributed by atoms with Gasteiger partial charge in [0.15, 0.2) is 0 Å². The molecule has 0 saturated heterocycles. The fourth-order valence-electron chi connectivity index (χ4n) is 5.01. The van der Waals surface area contributed by atoms with E-state index >= 15 is 0 Å². The van der Waals surface area contributed by atoms with Crippen LogP contribution in [0.3, 0.4) is 0 Å². The summed E-state index contributed by atoms with van der Waals surface area (Å²) in [7, 11) is 0. The van der Waals surface area contributed by atoms with E-state index in [4.69, 9.17) is 4.74 Å². The maximum Gasteiger partial charge on any atom is 0.408 e. The first-order valence-corrected chi connectivity index (χ1v) is 15.8. The molecule has 9 heteroatoms. The van der Waals surface area contributed by atoms with Crippen LogP contribution in [0.2, 0.25) is 0 Å². The minimum Gasteiger partial charge on any atom is -0.508 e. The number of amides is 3. The molecule has 2 aromatic carbocycles. The summed E-state index contributed by atoms with van der Waals surface area (Å²) < 4.78 is 5.52. The lowest BCUT2D eigenvalue weighted by Crippen LogP contribution is -2.56. The van der Waals surface area contributed by atoms with Crippen LogP contribution in [0.4, 0.5) is 4.79 Å². The molecular formula is C35H53N3O6. The molecule has 3 unspecified atom stereocenters. The van der Waals surface area contributed by atoms with Crippen LogP contribution in [0.25, 0.3) is 0 Å². The minimum atomic E-state index is -1.14. The Hall–Kier alpha value is -3.75. The first-order chi connectivity index (χ1) is 20.6. The molecule has 0 heterocycles. The van der Waals surface area contributed by atoms with E-state index in [1.165, 1.54) is 17.0 Å². The van der Waals surface area contributed by atoms with Crippen LogP contribution in [0.1, 0.15) is 103 Å². The van der Waals surface area contributed by atoms with Crippen molar-refractivity contribution < 1.29 is 29.3 Å². The Kier molecular flexibility index (Phi) is 14.0. The summed E-state index contributed by atoms with van der Waals surface area (Å²) in [6, 6.07) is 8.93. The number of unbranched alkanes of at least 4 members (excludes halogenated alkanes) is 2. The molecule has 4 N–H and O–H groups in total. The lowest BCUT2D eigenvalue weighted by molar-refractivity contribution is -0.145. The molecule has 3 atom stereocenters. The number of phenolic OH excluding ortho intramolecular Hbond substituents is 2. The molecule has 0 radical (unpaired) electrons. The molecule has 3 amide bonds. The van der Waals surface area contributed by atoms with Crippen molar-refractivity contribution in [3.63, 3.8) is 0 Å². The summed E-state index contributed by atoms with van der Waals surface area (Å²) >= 11 is 0. The number of rotatable bonds is 15. The maximum atomic E-state index is 14.7. The first-order valence-electron chi connectivity index (χ1n) is 15.8. The average Bonchev–Trinajstić information content (AvgIpc) is 2.93. The number of ether oxygens (including phenoxy) is 1. The highest BCUT2D eigenvalue weighted by molar-refractivity contribution is 5.93. The van der Waals surface area contributed by atoms with Crippen LogP contribution in [0, 0.1) is 12.8 Å². The molecular weight excluding hydrogens is 558 g/mol. The highest BCUT2D eigenvalue weighted by Crippen LogP contribution is 2.34. The molecule has 0 bridgehead atoms. The van der Waals surface area contributed by atoms with Crippen molar-refractivity contribution in [3.8, 4) is 11.5 Å². The molecule has 244 valence electrons. The summed E-state index contributed by atoms with van der Waals surface area (Å²) in [5.74, 6) is -0.487. The number of benzene rings is 2. The summed E-state index contributed by atoms with van der Waals surface area (Å²) in [4.78, 5) is 43.3. The van der Waals surface area contributed by atoms with Gasteiger partial charge in [-0.3, -0.25) is 9.59 Å². The van der Waals surface area contributed by atoms with E-state index < -0.39 is 41.6 Å². The smallest absolute Gasteiger partial charge is 0.408 e. The van der Waals surface area contributed by atoms with E-state index in [0.29, 0.717) is 35.6 Å². The van der Waals surface area contributed by atoms with Gasteiger partial charge in [-0.05, 0) is 83.1 Å². The summed E-state index contributed by atoms with van der Waals surface area (Å²) in [6.07, 6.45) is 3.47. The van der Waals surface area contributed by atoms with Crippen molar-refractivity contribution >= 4 is 17.9 Å². The third-order valence-corrected chi connectivity index (χ3v) is 7.43. The predicted octanol–water partition coefficient (Wildman–Crippen LogP) is 6.54. The van der Waals surface area contributed by atoms with Gasteiger partial charge in [0.2, 0.25) is 11.8 Å². The number of aryl methyl sites for hydroxylation is 1. The number of nitrogens with one attached hydrogen (secondary N) is 2. The van der Waals surface area contributed by atoms with Gasteiger partial charge in [-0.1, -0.05) is 63.9 Å². The number of hydrogen-bond acceptors (Lipinski definition) is 6. The number of carbonyl (C=O) groups excluding carboxylic acids is 3. The van der Waals surface area contributed by atoms with E-state index in [2.05, 4.69) is 31.4 Å². The minimum absolute atomic E-state index is 0.0507. The Morgan fingerprint density at radius 1 is 0.955 bits per heavy atom. The first kappa shape index (κ1) is 36.4. The highest BCUT2D eigenvalue weighted by Gasteiger charge is 2.40. The van der Waals surface area contributed by atoms with Crippen LogP contribution < -0.4 is 10.6 Å². The molecule has 44 heavy (non-hydrogen) atoms. The van der Waals surface area contributed by atoms with Crippen molar-refractivity contribution in [2.45, 2.75) is 118 Å². The molecule has 0 aliphatic heterocycles. The lowest BCUT2D eigenvalue weighted by Gasteiger charge is -2.39. The SMILES string of the molecule is CCCCCNC(=O)C(c1cccc(C)c1O)N(C(=O)C(Cc1ccc(O)cc1)NC(=O)OC(C)(C)C)C(C)CCC(C)C. The standard InChI is InChI=1S/C35H53N3O6/c1-9-10-11-21-36-32(41)30(28-14-12-13-24(4)31(28)40)38(25(5)16-15-23(2)3)33(42)29(37-34(43)44-35(6,7)8)22-26-17-19-27(39)20-18-26/h12-14,17-20,23,25,29-30,39-40H,9-11,15-16,21-22H2,1-8H3,(H,36,41)(H,37,43). The molecule has 0 fully saturated rings. The molecule has 9 nitrogen and oxygen atoms in total. The van der Waals surface area contributed by atoms with Gasteiger partial charge in [0.25, 0.3) is 0 Å². The van der Waals surface area contributed by atoms with E-state index in [1.807, 2.05) is 6.92 Å². The van der Waals surface area contributed by atoms with E-state index in [1.54, 1.807) is 58.0 Å². The Morgan fingerprint density at radius 2 is 1.61 bits per heavy atom. The number of carbonyl (C=O) groups is 3. The van der Waals surface area contributed by atoms with E-state index in [9.17, 15) is 24.6 Å². The normalized spacial score (nSPS) is 13.6. The Morgan fingerprint density at radius 3 is 2.20 bits per heavy atom. The monoisotopic (exact) mass is 611 g/mol. The zero-order valence-corrected chi connectivity index (χ0v) is 27.8. The molecule has 0 aromatic heterocycles. The number of hydrogen-bond donors (Lipinski definition) is 4. The molecule has 0 spiro atoms. The van der Waals surface area contributed by atoms with E-state index in [-0.39, 0.29) is 17.9 Å². The van der Waals surface area contributed by atoms with Crippen molar-refractivity contribution in [2.24, 2.45) is 5.92 Å². The molecule has 2 aromatic rings. The number of nitrogens with zero attached hydrogens (tertiary/aromatic N) is 1. The van der Waals surface area contributed by atoms with Gasteiger partial charge in [0, 0.05) is 24.6 Å². The second-order valence-corrected chi connectivity index (χ2v) is 13.0. The van der Waals surface area contributed by atoms with Crippen LogP contribution in [-0.2, 0) is 20.7 Å². The number of aromatic hydroxyl groups is 2. The average molecular weight is 612 g/mol. The Balaban J connectivity index is 2.67. The lowest BCUT2D eigenvalue weighted by atomic mass is 9.94. The van der Waals surface area contributed by atoms with Crippen LogP contribution in [0.15, 0.2) is 42.5 Å². The quantitative estimate of drug-likeness (QED) is 0.169. The summed E-state index contributed by atoms with van der Waals surface area (Å²) in [5.41, 5.74) is 0.810. The Labute approximate surface area is 263 Å². The van der Waals surface area contributed by atoms with Crippen LogP contribution in [0.5, 0.6) is 11.5 Å². The second-order valence-electron chi connectivity index (χ2n) is 13.0. The zero-order valence-electron chi connectivity index (χ0n) is 27.8. The third kappa shape index (κ3) is 11.4. The maximum absolute atomic E-state index is 14.7. The fraction of sp³-hybridized carbons (Fsp3) is 0.571. The molecule has 0 saturated carbocycles. The fourth-order valence-corrected chi connectivity index (χ4v) is 5.01. The number of para-hydroxylation sites is 1. The van der Waals surface area contributed by atoms with Crippen molar-refractivity contribution in [1.29, 1.82) is 0 Å².